The molecule has 124 valence electrons. The lowest BCUT2D eigenvalue weighted by Crippen LogP contribution is -2.44. The first-order valence-corrected chi connectivity index (χ1v) is 7.09. The standard InChI is InChI=1S/C15H21FN2O3.ClH/c1-20-14-3-2-11(8-13(14)16)4-5-18-15(19)9-12-10-21-7-6-17-12;/h2-3,8,12,17H,4-7,9-10H2,1H3,(H,18,19);1H. The van der Waals surface area contributed by atoms with Gasteiger partial charge in [0.05, 0.1) is 20.3 Å². The van der Waals surface area contributed by atoms with Crippen LogP contribution in [0.15, 0.2) is 18.2 Å². The fourth-order valence-corrected chi connectivity index (χ4v) is 2.26. The molecule has 1 saturated heterocycles. The highest BCUT2D eigenvalue weighted by Crippen LogP contribution is 2.17. The molecule has 1 unspecified atom stereocenters. The minimum Gasteiger partial charge on any atom is -0.494 e. The van der Waals surface area contributed by atoms with Crippen molar-refractivity contribution in [3.63, 3.8) is 0 Å². The Hall–Kier alpha value is -1.37. The first-order chi connectivity index (χ1) is 10.2. The van der Waals surface area contributed by atoms with E-state index in [-0.39, 0.29) is 35.9 Å². The van der Waals surface area contributed by atoms with Crippen LogP contribution in [-0.4, -0.2) is 45.4 Å². The smallest absolute Gasteiger partial charge is 0.221 e. The SMILES string of the molecule is COc1ccc(CCNC(=O)CC2COCCN2)cc1F.Cl. The van der Waals surface area contributed by atoms with Crippen molar-refractivity contribution in [3.05, 3.63) is 29.6 Å². The maximum Gasteiger partial charge on any atom is 0.221 e. The summed E-state index contributed by atoms with van der Waals surface area (Å²) in [6, 6.07) is 4.90. The minimum absolute atomic E-state index is 0. The van der Waals surface area contributed by atoms with Gasteiger partial charge in [-0.2, -0.15) is 0 Å². The molecule has 0 aromatic heterocycles. The van der Waals surface area contributed by atoms with E-state index in [1.807, 2.05) is 0 Å². The van der Waals surface area contributed by atoms with Crippen LogP contribution in [0.3, 0.4) is 0 Å². The molecule has 1 aromatic rings. The number of hydrogen-bond donors (Lipinski definition) is 2. The number of halogens is 2. The molecule has 0 spiro atoms. The summed E-state index contributed by atoms with van der Waals surface area (Å²) < 4.78 is 23.7. The van der Waals surface area contributed by atoms with Crippen molar-refractivity contribution in [2.45, 2.75) is 18.9 Å². The zero-order valence-corrected chi connectivity index (χ0v) is 13.4. The van der Waals surface area contributed by atoms with E-state index in [1.165, 1.54) is 13.2 Å². The van der Waals surface area contributed by atoms with E-state index in [1.54, 1.807) is 12.1 Å². The second kappa shape index (κ2) is 9.61. The van der Waals surface area contributed by atoms with Crippen molar-refractivity contribution in [1.29, 1.82) is 0 Å². The van der Waals surface area contributed by atoms with Crippen LogP contribution < -0.4 is 15.4 Å². The quantitative estimate of drug-likeness (QED) is 0.824. The van der Waals surface area contributed by atoms with E-state index in [0.29, 0.717) is 32.6 Å². The molecule has 2 N–H and O–H groups in total. The number of ether oxygens (including phenoxy) is 2. The highest BCUT2D eigenvalue weighted by Gasteiger charge is 2.16. The summed E-state index contributed by atoms with van der Waals surface area (Å²) >= 11 is 0. The normalized spacial score (nSPS) is 17.5. The molecule has 1 aliphatic heterocycles. The van der Waals surface area contributed by atoms with Gasteiger partial charge in [0.2, 0.25) is 5.91 Å². The molecule has 0 radical (unpaired) electrons. The molecule has 7 heteroatoms. The second-order valence-electron chi connectivity index (χ2n) is 5.00. The summed E-state index contributed by atoms with van der Waals surface area (Å²) in [4.78, 5) is 11.8. The zero-order chi connectivity index (χ0) is 15.1. The second-order valence-corrected chi connectivity index (χ2v) is 5.00. The van der Waals surface area contributed by atoms with Gasteiger partial charge in [0.25, 0.3) is 0 Å². The van der Waals surface area contributed by atoms with Crippen LogP contribution in [0.25, 0.3) is 0 Å². The summed E-state index contributed by atoms with van der Waals surface area (Å²) in [7, 11) is 1.43. The van der Waals surface area contributed by atoms with Gasteiger partial charge in [-0.05, 0) is 24.1 Å². The Morgan fingerprint density at radius 2 is 2.36 bits per heavy atom. The molecule has 5 nitrogen and oxygen atoms in total. The monoisotopic (exact) mass is 332 g/mol. The molecule has 1 amide bonds. The molecule has 0 bridgehead atoms. The van der Waals surface area contributed by atoms with Gasteiger partial charge in [0.1, 0.15) is 0 Å². The van der Waals surface area contributed by atoms with Crippen molar-refractivity contribution in [2.24, 2.45) is 0 Å². The fraction of sp³-hybridized carbons (Fsp3) is 0.533. The van der Waals surface area contributed by atoms with Crippen molar-refractivity contribution >= 4 is 18.3 Å². The molecular weight excluding hydrogens is 311 g/mol. The van der Waals surface area contributed by atoms with E-state index in [4.69, 9.17) is 9.47 Å². The van der Waals surface area contributed by atoms with Crippen LogP contribution in [0.5, 0.6) is 5.75 Å². The highest BCUT2D eigenvalue weighted by atomic mass is 35.5. The summed E-state index contributed by atoms with van der Waals surface area (Å²) in [5, 5.41) is 6.07. The number of morpholine rings is 1. The van der Waals surface area contributed by atoms with E-state index in [9.17, 15) is 9.18 Å². The summed E-state index contributed by atoms with van der Waals surface area (Å²) in [5.41, 5.74) is 0.827. The third-order valence-electron chi connectivity index (χ3n) is 3.38. The van der Waals surface area contributed by atoms with Gasteiger partial charge < -0.3 is 20.1 Å². The van der Waals surface area contributed by atoms with Crippen LogP contribution in [0, 0.1) is 5.82 Å². The first-order valence-electron chi connectivity index (χ1n) is 7.09. The average molecular weight is 333 g/mol. The first kappa shape index (κ1) is 18.7. The molecule has 1 aliphatic rings. The molecule has 1 atom stereocenters. The lowest BCUT2D eigenvalue weighted by atomic mass is 10.1. The van der Waals surface area contributed by atoms with Crippen molar-refractivity contribution < 1.29 is 18.7 Å². The van der Waals surface area contributed by atoms with Crippen LogP contribution in [-0.2, 0) is 16.0 Å². The Morgan fingerprint density at radius 3 is 3.00 bits per heavy atom. The molecular formula is C15H22ClFN2O3. The van der Waals surface area contributed by atoms with E-state index in [2.05, 4.69) is 10.6 Å². The Morgan fingerprint density at radius 1 is 1.55 bits per heavy atom. The zero-order valence-electron chi connectivity index (χ0n) is 12.6. The van der Waals surface area contributed by atoms with E-state index in [0.717, 1.165) is 12.1 Å². The molecule has 1 fully saturated rings. The molecule has 1 aromatic carbocycles. The Bertz CT molecular complexity index is 482. The topological polar surface area (TPSA) is 59.6 Å². The third kappa shape index (κ3) is 5.79. The molecule has 0 aliphatic carbocycles. The van der Waals surface area contributed by atoms with Gasteiger partial charge in [-0.1, -0.05) is 6.07 Å². The molecule has 22 heavy (non-hydrogen) atoms. The van der Waals surface area contributed by atoms with E-state index >= 15 is 0 Å². The number of amides is 1. The Kier molecular flexibility index (Phi) is 8.16. The number of benzene rings is 1. The summed E-state index contributed by atoms with van der Waals surface area (Å²) in [5.74, 6) is -0.178. The summed E-state index contributed by atoms with van der Waals surface area (Å²) in [6.07, 6.45) is 0.984. The number of carbonyl (C=O) groups is 1. The van der Waals surface area contributed by atoms with Gasteiger partial charge >= 0.3 is 0 Å². The van der Waals surface area contributed by atoms with E-state index < -0.39 is 0 Å². The predicted octanol–water partition coefficient (Wildman–Crippen LogP) is 1.29. The minimum atomic E-state index is -0.384. The number of nitrogens with one attached hydrogen (secondary N) is 2. The van der Waals surface area contributed by atoms with Gasteiger partial charge in [0.15, 0.2) is 11.6 Å². The molecule has 2 rings (SSSR count). The Labute approximate surface area is 136 Å². The van der Waals surface area contributed by atoms with Gasteiger partial charge in [-0.25, -0.2) is 4.39 Å². The predicted molar refractivity (Wildman–Crippen MR) is 84.1 cm³/mol. The Balaban J connectivity index is 0.00000242. The van der Waals surface area contributed by atoms with Crippen LogP contribution in [0.4, 0.5) is 4.39 Å². The van der Waals surface area contributed by atoms with Crippen LogP contribution >= 0.6 is 12.4 Å². The number of carbonyl (C=O) groups excluding carboxylic acids is 1. The van der Waals surface area contributed by atoms with Crippen LogP contribution in [0.1, 0.15) is 12.0 Å². The average Bonchev–Trinajstić information content (AvgIpc) is 2.48. The number of hydrogen-bond acceptors (Lipinski definition) is 4. The van der Waals surface area contributed by atoms with Crippen LogP contribution in [0.2, 0.25) is 0 Å². The molecule has 1 heterocycles. The lowest BCUT2D eigenvalue weighted by Gasteiger charge is -2.23. The van der Waals surface area contributed by atoms with Crippen molar-refractivity contribution in [1.82, 2.24) is 10.6 Å². The fourth-order valence-electron chi connectivity index (χ4n) is 2.26. The van der Waals surface area contributed by atoms with Crippen molar-refractivity contribution in [2.75, 3.05) is 33.4 Å². The highest BCUT2D eigenvalue weighted by molar-refractivity contribution is 5.85. The lowest BCUT2D eigenvalue weighted by molar-refractivity contribution is -0.122. The maximum atomic E-state index is 13.5. The van der Waals surface area contributed by atoms with Gasteiger partial charge in [-0.15, -0.1) is 12.4 Å². The van der Waals surface area contributed by atoms with Gasteiger partial charge in [-0.3, -0.25) is 4.79 Å². The van der Waals surface area contributed by atoms with Crippen molar-refractivity contribution in [3.8, 4) is 5.75 Å². The number of rotatable bonds is 6. The molecule has 0 saturated carbocycles. The maximum absolute atomic E-state index is 13.5. The summed E-state index contributed by atoms with van der Waals surface area (Å²) in [6.45, 7) is 2.53. The van der Waals surface area contributed by atoms with Gasteiger partial charge in [0, 0.05) is 25.6 Å². The largest absolute Gasteiger partial charge is 0.494 e. The number of methoxy groups -OCH3 is 1. The third-order valence-corrected chi connectivity index (χ3v) is 3.38.